The SMILES string of the molecule is COc1cc(OC)c(OC)cc1/C=C1\C[C@@]2(C)C(=C(C)C1=O)CCC[C@@H]2O. The van der Waals surface area contributed by atoms with Crippen LogP contribution in [0.5, 0.6) is 17.2 Å². The largest absolute Gasteiger partial charge is 0.496 e. The molecule has 27 heavy (non-hydrogen) atoms. The van der Waals surface area contributed by atoms with Crippen molar-refractivity contribution in [2.24, 2.45) is 5.41 Å². The molecule has 0 bridgehead atoms. The summed E-state index contributed by atoms with van der Waals surface area (Å²) in [4.78, 5) is 13.0. The zero-order valence-electron chi connectivity index (χ0n) is 16.7. The average Bonchev–Trinajstić information content (AvgIpc) is 2.67. The number of allylic oxidation sites excluding steroid dienone is 2. The number of aliphatic hydroxyl groups is 1. The number of ether oxygens (including phenoxy) is 3. The van der Waals surface area contributed by atoms with Gasteiger partial charge in [0.2, 0.25) is 0 Å². The highest BCUT2D eigenvalue weighted by atomic mass is 16.5. The van der Waals surface area contributed by atoms with Crippen LogP contribution in [0.3, 0.4) is 0 Å². The minimum Gasteiger partial charge on any atom is -0.496 e. The van der Waals surface area contributed by atoms with Gasteiger partial charge in [0.15, 0.2) is 17.3 Å². The standard InChI is InChI=1S/C22H28O5/c1-13-16-7-6-8-20(23)22(16,2)12-15(21(13)24)9-14-10-18(26-4)19(27-5)11-17(14)25-3/h9-11,20,23H,6-8,12H2,1-5H3/b15-9+/t20-,22-/m0/s1. The highest BCUT2D eigenvalue weighted by molar-refractivity contribution is 6.12. The number of hydrogen-bond donors (Lipinski definition) is 1. The Balaban J connectivity index is 2.10. The van der Waals surface area contributed by atoms with Crippen LogP contribution in [0, 0.1) is 5.41 Å². The van der Waals surface area contributed by atoms with Gasteiger partial charge in [-0.3, -0.25) is 4.79 Å². The first-order chi connectivity index (χ1) is 12.8. The minimum absolute atomic E-state index is 0.0495. The van der Waals surface area contributed by atoms with Gasteiger partial charge >= 0.3 is 0 Å². The van der Waals surface area contributed by atoms with E-state index in [2.05, 4.69) is 6.92 Å². The molecule has 1 aromatic rings. The Morgan fingerprint density at radius 3 is 2.37 bits per heavy atom. The minimum atomic E-state index is -0.431. The van der Waals surface area contributed by atoms with E-state index in [4.69, 9.17) is 14.2 Å². The molecular weight excluding hydrogens is 344 g/mol. The monoisotopic (exact) mass is 372 g/mol. The molecule has 2 aliphatic carbocycles. The van der Waals surface area contributed by atoms with Gasteiger partial charge in [0.1, 0.15) is 5.75 Å². The highest BCUT2D eigenvalue weighted by Crippen LogP contribution is 2.50. The number of benzene rings is 1. The first-order valence-electron chi connectivity index (χ1n) is 9.29. The number of fused-ring (bicyclic) bond motifs is 1. The summed E-state index contributed by atoms with van der Waals surface area (Å²) in [5.74, 6) is 1.80. The summed E-state index contributed by atoms with van der Waals surface area (Å²) in [7, 11) is 4.73. The van der Waals surface area contributed by atoms with E-state index in [1.165, 1.54) is 0 Å². The lowest BCUT2D eigenvalue weighted by Gasteiger charge is -2.45. The van der Waals surface area contributed by atoms with Gasteiger partial charge in [0, 0.05) is 22.6 Å². The third-order valence-corrected chi connectivity index (χ3v) is 6.04. The molecule has 0 saturated heterocycles. The molecule has 0 heterocycles. The fourth-order valence-corrected chi connectivity index (χ4v) is 4.44. The fraction of sp³-hybridized carbons (Fsp3) is 0.500. The van der Waals surface area contributed by atoms with Crippen LogP contribution in [0.1, 0.15) is 45.1 Å². The molecule has 0 amide bonds. The second-order valence-corrected chi connectivity index (χ2v) is 7.55. The number of carbonyl (C=O) groups is 1. The smallest absolute Gasteiger partial charge is 0.184 e. The lowest BCUT2D eigenvalue weighted by atomic mass is 9.61. The Kier molecular flexibility index (Phi) is 5.33. The Bertz CT molecular complexity index is 820. The molecule has 5 heteroatoms. The average molecular weight is 372 g/mol. The zero-order valence-corrected chi connectivity index (χ0v) is 16.7. The number of carbonyl (C=O) groups excluding carboxylic acids is 1. The van der Waals surface area contributed by atoms with Crippen molar-refractivity contribution in [3.63, 3.8) is 0 Å². The van der Waals surface area contributed by atoms with Crippen LogP contribution in [-0.4, -0.2) is 38.3 Å². The van der Waals surface area contributed by atoms with E-state index >= 15 is 0 Å². The molecule has 2 aliphatic rings. The van der Waals surface area contributed by atoms with Crippen molar-refractivity contribution in [3.8, 4) is 17.2 Å². The molecule has 3 rings (SSSR count). The van der Waals surface area contributed by atoms with Crippen LogP contribution in [-0.2, 0) is 4.79 Å². The molecule has 1 aromatic carbocycles. The third kappa shape index (κ3) is 3.25. The molecule has 1 N–H and O–H groups in total. The van der Waals surface area contributed by atoms with E-state index in [1.807, 2.05) is 19.1 Å². The first-order valence-corrected chi connectivity index (χ1v) is 9.29. The van der Waals surface area contributed by atoms with Gasteiger partial charge in [0.25, 0.3) is 0 Å². The molecular formula is C22H28O5. The van der Waals surface area contributed by atoms with Gasteiger partial charge in [-0.2, -0.15) is 0 Å². The van der Waals surface area contributed by atoms with E-state index in [0.29, 0.717) is 29.2 Å². The van der Waals surface area contributed by atoms with Crippen molar-refractivity contribution in [2.45, 2.75) is 45.6 Å². The summed E-state index contributed by atoms with van der Waals surface area (Å²) in [6, 6.07) is 3.57. The summed E-state index contributed by atoms with van der Waals surface area (Å²) >= 11 is 0. The van der Waals surface area contributed by atoms with Crippen LogP contribution in [0.4, 0.5) is 0 Å². The fourth-order valence-electron chi connectivity index (χ4n) is 4.44. The normalized spacial score (nSPS) is 26.8. The van der Waals surface area contributed by atoms with Crippen molar-refractivity contribution in [1.29, 1.82) is 0 Å². The Morgan fingerprint density at radius 2 is 1.74 bits per heavy atom. The maximum Gasteiger partial charge on any atom is 0.184 e. The van der Waals surface area contributed by atoms with Crippen LogP contribution in [0.2, 0.25) is 0 Å². The van der Waals surface area contributed by atoms with Gasteiger partial charge in [-0.15, -0.1) is 0 Å². The summed E-state index contributed by atoms with van der Waals surface area (Å²) in [6.45, 7) is 3.95. The molecule has 1 fully saturated rings. The first kappa shape index (κ1) is 19.5. The second-order valence-electron chi connectivity index (χ2n) is 7.55. The topological polar surface area (TPSA) is 65.0 Å². The molecule has 0 radical (unpaired) electrons. The molecule has 1 saturated carbocycles. The number of ketones is 1. The summed E-state index contributed by atoms with van der Waals surface area (Å²) in [5, 5.41) is 10.7. The van der Waals surface area contributed by atoms with E-state index in [-0.39, 0.29) is 11.2 Å². The van der Waals surface area contributed by atoms with E-state index < -0.39 is 6.10 Å². The van der Waals surface area contributed by atoms with Gasteiger partial charge in [-0.25, -0.2) is 0 Å². The maximum atomic E-state index is 13.0. The lowest BCUT2D eigenvalue weighted by Crippen LogP contribution is -2.42. The second kappa shape index (κ2) is 7.39. The van der Waals surface area contributed by atoms with Crippen molar-refractivity contribution >= 4 is 11.9 Å². The Morgan fingerprint density at radius 1 is 1.11 bits per heavy atom. The predicted molar refractivity (Wildman–Crippen MR) is 104 cm³/mol. The predicted octanol–water partition coefficient (Wildman–Crippen LogP) is 3.94. The van der Waals surface area contributed by atoms with Gasteiger partial charge < -0.3 is 19.3 Å². The molecule has 2 atom stereocenters. The van der Waals surface area contributed by atoms with E-state index in [9.17, 15) is 9.90 Å². The number of Topliss-reactive ketones (excluding diaryl/α,β-unsaturated/α-hetero) is 1. The molecule has 5 nitrogen and oxygen atoms in total. The molecule has 0 unspecified atom stereocenters. The maximum absolute atomic E-state index is 13.0. The number of aliphatic hydroxyl groups excluding tert-OH is 1. The summed E-state index contributed by atoms with van der Waals surface area (Å²) in [6.07, 6.45) is 4.54. The van der Waals surface area contributed by atoms with Gasteiger partial charge in [-0.1, -0.05) is 12.5 Å². The molecule has 0 spiro atoms. The van der Waals surface area contributed by atoms with E-state index in [1.54, 1.807) is 27.4 Å². The van der Waals surface area contributed by atoms with Crippen LogP contribution in [0.25, 0.3) is 6.08 Å². The molecule has 146 valence electrons. The van der Waals surface area contributed by atoms with Crippen LogP contribution in [0.15, 0.2) is 28.9 Å². The van der Waals surface area contributed by atoms with E-state index in [0.717, 1.165) is 36.0 Å². The van der Waals surface area contributed by atoms with Gasteiger partial charge in [-0.05, 0) is 50.3 Å². The van der Waals surface area contributed by atoms with Crippen LogP contribution >= 0.6 is 0 Å². The molecule has 0 aliphatic heterocycles. The molecule has 0 aromatic heterocycles. The number of rotatable bonds is 4. The van der Waals surface area contributed by atoms with Crippen molar-refractivity contribution < 1.29 is 24.1 Å². The Hall–Kier alpha value is -2.27. The Labute approximate surface area is 160 Å². The van der Waals surface area contributed by atoms with Crippen molar-refractivity contribution in [3.05, 3.63) is 34.4 Å². The zero-order chi connectivity index (χ0) is 19.8. The highest BCUT2D eigenvalue weighted by Gasteiger charge is 2.45. The number of methoxy groups -OCH3 is 3. The quantitative estimate of drug-likeness (QED) is 0.811. The third-order valence-electron chi connectivity index (χ3n) is 6.04. The van der Waals surface area contributed by atoms with Gasteiger partial charge in [0.05, 0.1) is 27.4 Å². The van der Waals surface area contributed by atoms with Crippen molar-refractivity contribution in [2.75, 3.05) is 21.3 Å². The summed E-state index contributed by atoms with van der Waals surface area (Å²) in [5.41, 5.74) is 2.94. The lowest BCUT2D eigenvalue weighted by molar-refractivity contribution is -0.113. The van der Waals surface area contributed by atoms with Crippen LogP contribution < -0.4 is 14.2 Å². The number of hydrogen-bond acceptors (Lipinski definition) is 5. The summed E-state index contributed by atoms with van der Waals surface area (Å²) < 4.78 is 16.2. The van der Waals surface area contributed by atoms with Crippen molar-refractivity contribution in [1.82, 2.24) is 0 Å².